The molecule has 154 valence electrons. The van der Waals surface area contributed by atoms with Crippen LogP contribution in [0.3, 0.4) is 0 Å². The van der Waals surface area contributed by atoms with Gasteiger partial charge in [0, 0.05) is 18.8 Å². The summed E-state index contributed by atoms with van der Waals surface area (Å²) >= 11 is 0. The zero-order valence-electron chi connectivity index (χ0n) is 16.6. The van der Waals surface area contributed by atoms with Crippen molar-refractivity contribution < 1.29 is 24.8 Å². The van der Waals surface area contributed by atoms with Crippen LogP contribution in [0.25, 0.3) is 0 Å². The Balaban J connectivity index is 1.42. The van der Waals surface area contributed by atoms with Crippen LogP contribution >= 0.6 is 0 Å². The van der Waals surface area contributed by atoms with Crippen LogP contribution in [-0.2, 0) is 15.9 Å². The number of hydrogen-bond acceptors (Lipinski definition) is 5. The van der Waals surface area contributed by atoms with Crippen LogP contribution in [0.2, 0.25) is 0 Å². The van der Waals surface area contributed by atoms with Gasteiger partial charge in [0.25, 0.3) is 0 Å². The molecule has 2 saturated heterocycles. The van der Waals surface area contributed by atoms with E-state index < -0.39 is 11.9 Å². The van der Waals surface area contributed by atoms with Gasteiger partial charge in [-0.3, -0.25) is 0 Å². The fourth-order valence-electron chi connectivity index (χ4n) is 6.56. The van der Waals surface area contributed by atoms with Gasteiger partial charge in [-0.15, -0.1) is 0 Å². The number of aliphatic hydroxyl groups excluding tert-OH is 2. The van der Waals surface area contributed by atoms with Crippen molar-refractivity contribution in [2.24, 2.45) is 23.2 Å². The monoisotopic (exact) mass is 388 g/mol. The Bertz CT molecular complexity index is 751. The van der Waals surface area contributed by atoms with E-state index in [9.17, 15) is 15.3 Å². The zero-order valence-corrected chi connectivity index (χ0v) is 16.6. The van der Waals surface area contributed by atoms with Crippen molar-refractivity contribution in [3.63, 3.8) is 0 Å². The van der Waals surface area contributed by atoms with Crippen molar-refractivity contribution in [3.05, 3.63) is 29.3 Å². The first kappa shape index (κ1) is 18.9. The lowest BCUT2D eigenvalue weighted by Crippen LogP contribution is -2.59. The van der Waals surface area contributed by atoms with Crippen LogP contribution in [0.1, 0.15) is 56.1 Å². The Hall–Kier alpha value is -1.14. The number of hydrogen-bond donors (Lipinski definition) is 3. The van der Waals surface area contributed by atoms with E-state index in [1.165, 1.54) is 17.5 Å². The third-order valence-corrected chi connectivity index (χ3v) is 8.28. The average Bonchev–Trinajstić information content (AvgIpc) is 2.68. The maximum absolute atomic E-state index is 10.5. The van der Waals surface area contributed by atoms with Gasteiger partial charge in [0.2, 0.25) is 0 Å². The summed E-state index contributed by atoms with van der Waals surface area (Å²) in [4.78, 5) is 0. The molecule has 7 atom stereocenters. The van der Waals surface area contributed by atoms with Gasteiger partial charge in [0.05, 0.1) is 25.9 Å². The van der Waals surface area contributed by atoms with Crippen LogP contribution in [0, 0.1) is 23.2 Å². The molecule has 1 spiro atoms. The Kier molecular flexibility index (Phi) is 4.51. The summed E-state index contributed by atoms with van der Waals surface area (Å²) in [6.07, 6.45) is 5.16. The lowest BCUT2D eigenvalue weighted by molar-refractivity contribution is -0.334. The summed E-state index contributed by atoms with van der Waals surface area (Å²) in [5, 5.41) is 29.8. The SMILES string of the molecule is C[C@]12CC[C@@H]3c4ccc(O)cc4CC[C@H]3[C@@H]1C[C@]1(C[C@@H](O)[C@H](CO)CO1)OC2. The van der Waals surface area contributed by atoms with Gasteiger partial charge in [0.15, 0.2) is 5.79 Å². The maximum Gasteiger partial charge on any atom is 0.171 e. The van der Waals surface area contributed by atoms with Crippen LogP contribution in [-0.4, -0.2) is 47.0 Å². The third-order valence-electron chi connectivity index (χ3n) is 8.28. The number of benzene rings is 1. The molecule has 4 aliphatic rings. The minimum absolute atomic E-state index is 0.0489. The Morgan fingerprint density at radius 2 is 2.04 bits per heavy atom. The number of rotatable bonds is 1. The number of aromatic hydroxyl groups is 1. The second kappa shape index (κ2) is 6.69. The smallest absolute Gasteiger partial charge is 0.171 e. The van der Waals surface area contributed by atoms with Crippen LogP contribution < -0.4 is 0 Å². The summed E-state index contributed by atoms with van der Waals surface area (Å²) < 4.78 is 12.5. The van der Waals surface area contributed by atoms with Crippen molar-refractivity contribution in [2.75, 3.05) is 19.8 Å². The van der Waals surface area contributed by atoms with Gasteiger partial charge in [-0.2, -0.15) is 0 Å². The maximum atomic E-state index is 10.5. The molecule has 3 fully saturated rings. The van der Waals surface area contributed by atoms with Gasteiger partial charge in [-0.05, 0) is 72.1 Å². The molecule has 0 radical (unpaired) electrons. The highest BCUT2D eigenvalue weighted by Crippen LogP contribution is 2.60. The molecule has 1 aromatic rings. The van der Waals surface area contributed by atoms with Gasteiger partial charge < -0.3 is 24.8 Å². The molecule has 28 heavy (non-hydrogen) atoms. The lowest BCUT2D eigenvalue weighted by atomic mass is 9.52. The standard InChI is InChI=1S/C23H32O5/c1-22-7-6-18-17-5-3-16(25)8-14(17)2-4-19(18)20(22)9-23(28-13-22)10-21(26)15(11-24)12-27-23/h3,5,8,15,18-21,24-26H,2,4,6-7,9-13H2,1H3/t15-,18-,19-,20+,21-,22-,23-/m1/s1. The highest BCUT2D eigenvalue weighted by atomic mass is 16.7. The highest BCUT2D eigenvalue weighted by Gasteiger charge is 2.57. The number of phenols is 1. The van der Waals surface area contributed by atoms with Crippen LogP contribution in [0.5, 0.6) is 5.75 Å². The third kappa shape index (κ3) is 2.90. The van der Waals surface area contributed by atoms with Crippen molar-refractivity contribution in [1.29, 1.82) is 0 Å². The van der Waals surface area contributed by atoms with Crippen LogP contribution in [0.4, 0.5) is 0 Å². The molecule has 5 nitrogen and oxygen atoms in total. The first-order valence-electron chi connectivity index (χ1n) is 10.8. The molecule has 5 rings (SSSR count). The first-order valence-corrected chi connectivity index (χ1v) is 10.8. The van der Waals surface area contributed by atoms with Crippen molar-refractivity contribution in [3.8, 4) is 5.75 Å². The van der Waals surface area contributed by atoms with Gasteiger partial charge in [-0.1, -0.05) is 13.0 Å². The normalized spacial score (nSPS) is 45.2. The molecule has 2 aliphatic carbocycles. The van der Waals surface area contributed by atoms with Crippen molar-refractivity contribution >= 4 is 0 Å². The van der Waals surface area contributed by atoms with E-state index in [-0.39, 0.29) is 17.9 Å². The fourth-order valence-corrected chi connectivity index (χ4v) is 6.56. The van der Waals surface area contributed by atoms with E-state index in [0.717, 1.165) is 25.7 Å². The van der Waals surface area contributed by atoms with E-state index in [0.29, 0.717) is 43.1 Å². The van der Waals surface area contributed by atoms with E-state index in [1.807, 2.05) is 12.1 Å². The topological polar surface area (TPSA) is 79.2 Å². The summed E-state index contributed by atoms with van der Waals surface area (Å²) in [5.74, 6) is 1.08. The molecule has 1 aromatic carbocycles. The second-order valence-electron chi connectivity index (χ2n) is 9.92. The predicted molar refractivity (Wildman–Crippen MR) is 104 cm³/mol. The zero-order chi connectivity index (χ0) is 19.5. The number of ether oxygens (including phenoxy) is 2. The first-order chi connectivity index (χ1) is 13.4. The van der Waals surface area contributed by atoms with E-state index in [1.54, 1.807) is 0 Å². The van der Waals surface area contributed by atoms with Crippen molar-refractivity contribution in [2.45, 2.75) is 63.3 Å². The number of aliphatic hydroxyl groups is 2. The Morgan fingerprint density at radius 3 is 2.82 bits per heavy atom. The van der Waals surface area contributed by atoms with Crippen LogP contribution in [0.15, 0.2) is 18.2 Å². The van der Waals surface area contributed by atoms with Gasteiger partial charge in [-0.25, -0.2) is 0 Å². The number of fused-ring (bicyclic) bond motifs is 5. The quantitative estimate of drug-likeness (QED) is 0.689. The summed E-state index contributed by atoms with van der Waals surface area (Å²) in [5.41, 5.74) is 2.88. The minimum Gasteiger partial charge on any atom is -0.508 e. The summed E-state index contributed by atoms with van der Waals surface area (Å²) in [6.45, 7) is 3.35. The summed E-state index contributed by atoms with van der Waals surface area (Å²) in [7, 11) is 0. The van der Waals surface area contributed by atoms with E-state index in [2.05, 4.69) is 13.0 Å². The fraction of sp³-hybridized carbons (Fsp3) is 0.739. The molecule has 3 N–H and O–H groups in total. The highest BCUT2D eigenvalue weighted by molar-refractivity contribution is 5.40. The lowest BCUT2D eigenvalue weighted by Gasteiger charge is -2.59. The van der Waals surface area contributed by atoms with Gasteiger partial charge >= 0.3 is 0 Å². The molecule has 0 aromatic heterocycles. The molecule has 0 unspecified atom stereocenters. The molecule has 5 heteroatoms. The Labute approximate surface area is 166 Å². The molecular formula is C23H32O5. The number of aryl methyl sites for hydroxylation is 1. The largest absolute Gasteiger partial charge is 0.508 e. The predicted octanol–water partition coefficient (Wildman–Crippen LogP) is 2.96. The van der Waals surface area contributed by atoms with Crippen molar-refractivity contribution in [1.82, 2.24) is 0 Å². The molecule has 2 aliphatic heterocycles. The Morgan fingerprint density at radius 1 is 1.18 bits per heavy atom. The molecule has 0 amide bonds. The molecule has 0 bridgehead atoms. The molecule has 1 saturated carbocycles. The summed E-state index contributed by atoms with van der Waals surface area (Å²) in [6, 6.07) is 5.91. The van der Waals surface area contributed by atoms with Gasteiger partial charge in [0.1, 0.15) is 5.75 Å². The molecule has 2 heterocycles. The van der Waals surface area contributed by atoms with E-state index in [4.69, 9.17) is 9.47 Å². The molecular weight excluding hydrogens is 356 g/mol. The second-order valence-corrected chi connectivity index (χ2v) is 9.92. The number of phenolic OH excluding ortho intramolecular Hbond substituents is 1. The van der Waals surface area contributed by atoms with E-state index >= 15 is 0 Å². The average molecular weight is 389 g/mol. The minimum atomic E-state index is -0.702.